The molecule has 0 atom stereocenters. The van der Waals surface area contributed by atoms with E-state index in [1.807, 2.05) is 18.5 Å². The molecule has 0 bridgehead atoms. The van der Waals surface area contributed by atoms with Crippen LogP contribution in [0.4, 0.5) is 0 Å². The highest BCUT2D eigenvalue weighted by Crippen LogP contribution is 2.21. The molecule has 1 aliphatic carbocycles. The number of aliphatic imine (C=N–C) groups is 1. The van der Waals surface area contributed by atoms with E-state index in [0.717, 1.165) is 17.1 Å². The van der Waals surface area contributed by atoms with Gasteiger partial charge in [0.15, 0.2) is 0 Å². The lowest BCUT2D eigenvalue weighted by atomic mass is 10.1. The highest BCUT2D eigenvalue weighted by atomic mass is 35.5. The fraction of sp³-hybridized carbons (Fsp3) is 0.471. The van der Waals surface area contributed by atoms with E-state index in [1.54, 1.807) is 0 Å². The Morgan fingerprint density at radius 1 is 1.14 bits per heavy atom. The van der Waals surface area contributed by atoms with Gasteiger partial charge < -0.3 is 9.97 Å². The van der Waals surface area contributed by atoms with Gasteiger partial charge >= 0.3 is 0 Å². The molecule has 0 spiro atoms. The van der Waals surface area contributed by atoms with Crippen LogP contribution in [-0.2, 0) is 0 Å². The number of hydrogen-bond donors (Lipinski definition) is 2. The molecule has 0 amide bonds. The minimum Gasteiger partial charge on any atom is -0.360 e. The van der Waals surface area contributed by atoms with Crippen molar-refractivity contribution in [2.45, 2.75) is 51.5 Å². The lowest BCUT2D eigenvalue weighted by Crippen LogP contribution is -2.03. The van der Waals surface area contributed by atoms with Crippen molar-refractivity contribution in [3.8, 4) is 11.4 Å². The maximum atomic E-state index is 4.80. The number of rotatable bonds is 3. The second-order valence-electron chi connectivity index (χ2n) is 5.79. The maximum Gasteiger partial charge on any atom is 0.0627 e. The lowest BCUT2D eigenvalue weighted by molar-refractivity contribution is 0.588. The third-order valence-corrected chi connectivity index (χ3v) is 4.18. The van der Waals surface area contributed by atoms with Crippen molar-refractivity contribution >= 4 is 18.6 Å². The summed E-state index contributed by atoms with van der Waals surface area (Å²) in [6, 6.07) is 6.80. The van der Waals surface area contributed by atoms with Gasteiger partial charge in [-0.2, -0.15) is 0 Å². The van der Waals surface area contributed by atoms with E-state index in [1.165, 1.54) is 44.1 Å². The average Bonchev–Trinajstić information content (AvgIpc) is 3.01. The molecular formula is C17H24ClN3. The van der Waals surface area contributed by atoms with Gasteiger partial charge in [0, 0.05) is 12.4 Å². The number of aromatic nitrogens is 2. The van der Waals surface area contributed by atoms with Gasteiger partial charge in [-0.05, 0) is 43.5 Å². The van der Waals surface area contributed by atoms with Crippen LogP contribution in [0.1, 0.15) is 49.8 Å². The quantitative estimate of drug-likeness (QED) is 0.599. The highest BCUT2D eigenvalue weighted by molar-refractivity contribution is 5.85. The second kappa shape index (κ2) is 7.51. The molecule has 4 heteroatoms. The zero-order valence-electron chi connectivity index (χ0n) is 12.6. The van der Waals surface area contributed by atoms with Crippen LogP contribution >= 0.6 is 12.4 Å². The van der Waals surface area contributed by atoms with Crippen molar-refractivity contribution in [3.63, 3.8) is 0 Å². The highest BCUT2D eigenvalue weighted by Gasteiger charge is 2.10. The number of hydrogen-bond acceptors (Lipinski definition) is 1. The van der Waals surface area contributed by atoms with Crippen LogP contribution in [-0.4, -0.2) is 22.2 Å². The van der Waals surface area contributed by atoms with E-state index in [9.17, 15) is 0 Å². The predicted molar refractivity (Wildman–Crippen MR) is 91.6 cm³/mol. The van der Waals surface area contributed by atoms with E-state index in [2.05, 4.69) is 29.0 Å². The fourth-order valence-corrected chi connectivity index (χ4v) is 2.94. The van der Waals surface area contributed by atoms with Crippen molar-refractivity contribution in [3.05, 3.63) is 35.7 Å². The first kappa shape index (κ1) is 15.9. The minimum absolute atomic E-state index is 0. The Balaban J connectivity index is 0.00000161. The standard InChI is InChI=1S/C17H23N3.ClH/c1-13-11-16(15-9-6-10-18-15)20-17(13)12-19-14-7-4-2-3-5-8-14;/h6,9-12,14,18,20H,2-5,7-8H2,1H3;1H. The Morgan fingerprint density at radius 3 is 2.57 bits per heavy atom. The van der Waals surface area contributed by atoms with Crippen molar-refractivity contribution in [1.29, 1.82) is 0 Å². The Labute approximate surface area is 132 Å². The first-order valence-electron chi connectivity index (χ1n) is 7.69. The average molecular weight is 306 g/mol. The van der Waals surface area contributed by atoms with Gasteiger partial charge in [0.1, 0.15) is 0 Å². The van der Waals surface area contributed by atoms with Crippen LogP contribution < -0.4 is 0 Å². The molecule has 21 heavy (non-hydrogen) atoms. The van der Waals surface area contributed by atoms with Gasteiger partial charge in [-0.3, -0.25) is 4.99 Å². The molecule has 2 aromatic rings. The summed E-state index contributed by atoms with van der Waals surface area (Å²) in [5, 5.41) is 0. The van der Waals surface area contributed by atoms with Crippen molar-refractivity contribution in [1.82, 2.24) is 9.97 Å². The molecule has 2 aromatic heterocycles. The van der Waals surface area contributed by atoms with Crippen LogP contribution in [0, 0.1) is 6.92 Å². The molecule has 1 aliphatic rings. The molecule has 114 valence electrons. The maximum absolute atomic E-state index is 4.80. The van der Waals surface area contributed by atoms with Crippen LogP contribution in [0.15, 0.2) is 29.4 Å². The Morgan fingerprint density at radius 2 is 1.90 bits per heavy atom. The van der Waals surface area contributed by atoms with Crippen molar-refractivity contribution < 1.29 is 0 Å². The molecule has 0 aromatic carbocycles. The SMILES string of the molecule is Cc1cc(-c2ccc[nH]2)[nH]c1C=NC1CCCCCC1.Cl. The third kappa shape index (κ3) is 4.01. The van der Waals surface area contributed by atoms with Crippen LogP contribution in [0.3, 0.4) is 0 Å². The monoisotopic (exact) mass is 305 g/mol. The largest absolute Gasteiger partial charge is 0.360 e. The Bertz CT molecular complexity index is 561. The summed E-state index contributed by atoms with van der Waals surface area (Å²) in [5.74, 6) is 0. The summed E-state index contributed by atoms with van der Waals surface area (Å²) in [7, 11) is 0. The number of nitrogens with one attached hydrogen (secondary N) is 2. The van der Waals surface area contributed by atoms with E-state index >= 15 is 0 Å². The van der Waals surface area contributed by atoms with E-state index < -0.39 is 0 Å². The predicted octanol–water partition coefficient (Wildman–Crippen LogP) is 4.88. The molecule has 2 N–H and O–H groups in total. The van der Waals surface area contributed by atoms with Gasteiger partial charge in [0.25, 0.3) is 0 Å². The molecule has 3 rings (SSSR count). The van der Waals surface area contributed by atoms with Crippen LogP contribution in [0.5, 0.6) is 0 Å². The van der Waals surface area contributed by atoms with Gasteiger partial charge in [-0.25, -0.2) is 0 Å². The molecular weight excluding hydrogens is 282 g/mol. The van der Waals surface area contributed by atoms with Crippen molar-refractivity contribution in [2.75, 3.05) is 0 Å². The summed E-state index contributed by atoms with van der Waals surface area (Å²) in [6.07, 6.45) is 11.9. The zero-order chi connectivity index (χ0) is 13.8. The van der Waals surface area contributed by atoms with Crippen LogP contribution in [0.25, 0.3) is 11.4 Å². The third-order valence-electron chi connectivity index (χ3n) is 4.18. The molecule has 0 radical (unpaired) electrons. The second-order valence-corrected chi connectivity index (χ2v) is 5.79. The molecule has 0 unspecified atom stereocenters. The number of aromatic amines is 2. The van der Waals surface area contributed by atoms with Crippen LogP contribution in [0.2, 0.25) is 0 Å². The van der Waals surface area contributed by atoms with E-state index in [4.69, 9.17) is 4.99 Å². The molecule has 3 nitrogen and oxygen atoms in total. The summed E-state index contributed by atoms with van der Waals surface area (Å²) in [6.45, 7) is 2.14. The molecule has 1 fully saturated rings. The smallest absolute Gasteiger partial charge is 0.0627 e. The first-order valence-corrected chi connectivity index (χ1v) is 7.69. The molecule has 0 aliphatic heterocycles. The minimum atomic E-state index is 0. The lowest BCUT2D eigenvalue weighted by Gasteiger charge is -2.06. The number of halogens is 1. The fourth-order valence-electron chi connectivity index (χ4n) is 2.94. The number of nitrogens with zero attached hydrogens (tertiary/aromatic N) is 1. The van der Waals surface area contributed by atoms with Crippen molar-refractivity contribution in [2.24, 2.45) is 4.99 Å². The summed E-state index contributed by atoms with van der Waals surface area (Å²) in [5.41, 5.74) is 4.66. The van der Waals surface area contributed by atoms with E-state index in [-0.39, 0.29) is 12.4 Å². The van der Waals surface area contributed by atoms with Gasteiger partial charge in [-0.15, -0.1) is 12.4 Å². The van der Waals surface area contributed by atoms with Gasteiger partial charge in [-0.1, -0.05) is 25.7 Å². The molecule has 2 heterocycles. The number of H-pyrrole nitrogens is 2. The van der Waals surface area contributed by atoms with Gasteiger partial charge in [0.05, 0.1) is 23.1 Å². The Hall–Kier alpha value is -1.48. The molecule has 1 saturated carbocycles. The zero-order valence-corrected chi connectivity index (χ0v) is 13.4. The number of aryl methyl sites for hydroxylation is 1. The summed E-state index contributed by atoms with van der Waals surface area (Å²) >= 11 is 0. The van der Waals surface area contributed by atoms with Gasteiger partial charge in [0.2, 0.25) is 0 Å². The normalized spacial score (nSPS) is 16.8. The molecule has 0 saturated heterocycles. The summed E-state index contributed by atoms with van der Waals surface area (Å²) < 4.78 is 0. The van der Waals surface area contributed by atoms with E-state index in [0.29, 0.717) is 6.04 Å². The topological polar surface area (TPSA) is 43.9 Å². The Kier molecular flexibility index (Phi) is 5.68. The first-order chi connectivity index (χ1) is 9.83. The summed E-state index contributed by atoms with van der Waals surface area (Å²) in [4.78, 5) is 11.5.